The fourth-order valence-electron chi connectivity index (χ4n) is 4.19. The van der Waals surface area contributed by atoms with E-state index in [9.17, 15) is 9.90 Å². The van der Waals surface area contributed by atoms with Crippen molar-refractivity contribution < 1.29 is 9.90 Å². The first kappa shape index (κ1) is 22.8. The van der Waals surface area contributed by atoms with E-state index >= 15 is 0 Å². The maximum atomic E-state index is 13.7. The van der Waals surface area contributed by atoms with E-state index < -0.39 is 12.1 Å². The molecule has 3 heteroatoms. The van der Waals surface area contributed by atoms with Crippen molar-refractivity contribution in [1.82, 2.24) is 4.90 Å². The van der Waals surface area contributed by atoms with Gasteiger partial charge in [-0.05, 0) is 29.5 Å². The Balaban J connectivity index is 1.90. The molecule has 0 unspecified atom stereocenters. The predicted octanol–water partition coefficient (Wildman–Crippen LogP) is 5.97. The number of aliphatic hydroxyl groups excluding tert-OH is 1. The molecule has 1 N–H and O–H groups in total. The monoisotopic (exact) mass is 415 g/mol. The third-order valence-corrected chi connectivity index (χ3v) is 5.93. The Bertz CT molecular complexity index is 912. The summed E-state index contributed by atoms with van der Waals surface area (Å²) in [6.45, 7) is 2.15. The van der Waals surface area contributed by atoms with Gasteiger partial charge in [-0.1, -0.05) is 111 Å². The van der Waals surface area contributed by atoms with Gasteiger partial charge in [0.1, 0.15) is 6.10 Å². The van der Waals surface area contributed by atoms with Crippen LogP contribution < -0.4 is 0 Å². The van der Waals surface area contributed by atoms with Crippen LogP contribution in [0.3, 0.4) is 0 Å². The van der Waals surface area contributed by atoms with Gasteiger partial charge in [0.15, 0.2) is 0 Å². The lowest BCUT2D eigenvalue weighted by Gasteiger charge is -2.35. The van der Waals surface area contributed by atoms with Gasteiger partial charge in [-0.15, -0.1) is 0 Å². The van der Waals surface area contributed by atoms with Crippen LogP contribution in [-0.4, -0.2) is 23.0 Å². The molecule has 0 bridgehead atoms. The third-order valence-electron chi connectivity index (χ3n) is 5.93. The number of amides is 1. The van der Waals surface area contributed by atoms with Crippen molar-refractivity contribution in [1.29, 1.82) is 0 Å². The van der Waals surface area contributed by atoms with Crippen molar-refractivity contribution in [3.8, 4) is 0 Å². The quantitative estimate of drug-likeness (QED) is 0.443. The van der Waals surface area contributed by atoms with Crippen molar-refractivity contribution in [3.63, 3.8) is 0 Å². The second-order valence-electron chi connectivity index (χ2n) is 8.19. The largest absolute Gasteiger partial charge is 0.386 e. The molecule has 0 aliphatic heterocycles. The molecule has 3 nitrogen and oxygen atoms in total. The number of hydrogen-bond acceptors (Lipinski definition) is 2. The molecule has 0 saturated heterocycles. The molecule has 0 aliphatic carbocycles. The molecular formula is C28H33NO2. The Labute approximate surface area is 186 Å². The third kappa shape index (κ3) is 6.05. The van der Waals surface area contributed by atoms with Crippen LogP contribution in [-0.2, 0) is 11.2 Å². The fraction of sp³-hybridized carbons (Fsp3) is 0.321. The summed E-state index contributed by atoms with van der Waals surface area (Å²) in [6.07, 6.45) is 2.82. The highest BCUT2D eigenvalue weighted by Crippen LogP contribution is 2.35. The number of likely N-dealkylation sites (N-methyl/N-ethyl adjacent to an activating group) is 1. The van der Waals surface area contributed by atoms with Crippen LogP contribution in [0.15, 0.2) is 91.0 Å². The van der Waals surface area contributed by atoms with Gasteiger partial charge < -0.3 is 10.0 Å². The van der Waals surface area contributed by atoms with Crippen LogP contribution in [0, 0.1) is 5.92 Å². The van der Waals surface area contributed by atoms with E-state index in [-0.39, 0.29) is 11.8 Å². The smallest absolute Gasteiger partial charge is 0.226 e. The van der Waals surface area contributed by atoms with Crippen molar-refractivity contribution >= 4 is 5.91 Å². The molecular weight excluding hydrogens is 382 g/mol. The molecule has 1 amide bonds. The summed E-state index contributed by atoms with van der Waals surface area (Å²) in [4.78, 5) is 15.5. The summed E-state index contributed by atoms with van der Waals surface area (Å²) in [7, 11) is 1.83. The number of benzene rings is 3. The first-order valence-corrected chi connectivity index (χ1v) is 11.2. The van der Waals surface area contributed by atoms with Crippen molar-refractivity contribution in [2.75, 3.05) is 7.05 Å². The van der Waals surface area contributed by atoms with Crippen LogP contribution in [0.4, 0.5) is 0 Å². The Hall–Kier alpha value is -2.91. The zero-order chi connectivity index (χ0) is 22.1. The lowest BCUT2D eigenvalue weighted by molar-refractivity contribution is -0.139. The van der Waals surface area contributed by atoms with E-state index in [1.807, 2.05) is 85.9 Å². The van der Waals surface area contributed by atoms with Crippen LogP contribution in [0.1, 0.15) is 55.0 Å². The highest BCUT2D eigenvalue weighted by molar-refractivity contribution is 5.79. The van der Waals surface area contributed by atoms with E-state index in [0.717, 1.165) is 30.4 Å². The molecule has 0 radical (unpaired) electrons. The van der Waals surface area contributed by atoms with Crippen molar-refractivity contribution in [3.05, 3.63) is 108 Å². The summed E-state index contributed by atoms with van der Waals surface area (Å²) in [5.41, 5.74) is 2.91. The van der Waals surface area contributed by atoms with Crippen LogP contribution >= 0.6 is 0 Å². The molecule has 3 aromatic carbocycles. The SMILES string of the molecule is CCCC[C@@H](Cc1ccccc1)C(=O)N(C)[C@@H](c1ccccc1)[C@@H](O)c1ccccc1. The molecule has 31 heavy (non-hydrogen) atoms. The standard InChI is InChI=1S/C28H33NO2/c1-3-4-16-25(21-22-14-8-5-9-15-22)28(31)29(2)26(23-17-10-6-11-18-23)27(30)24-19-12-7-13-20-24/h5-15,17-20,25-27,30H,3-4,16,21H2,1-2H3/t25-,26-,27-/m0/s1. The van der Waals surface area contributed by atoms with E-state index in [2.05, 4.69) is 19.1 Å². The highest BCUT2D eigenvalue weighted by atomic mass is 16.3. The van der Waals surface area contributed by atoms with Crippen LogP contribution in [0.2, 0.25) is 0 Å². The van der Waals surface area contributed by atoms with Gasteiger partial charge in [0, 0.05) is 13.0 Å². The topological polar surface area (TPSA) is 40.5 Å². The minimum absolute atomic E-state index is 0.0844. The van der Waals surface area contributed by atoms with Crippen LogP contribution in [0.5, 0.6) is 0 Å². The summed E-state index contributed by atoms with van der Waals surface area (Å²) in [6, 6.07) is 29.2. The van der Waals surface area contributed by atoms with Gasteiger partial charge in [0.25, 0.3) is 0 Å². The van der Waals surface area contributed by atoms with Gasteiger partial charge in [0.2, 0.25) is 5.91 Å². The summed E-state index contributed by atoms with van der Waals surface area (Å²) >= 11 is 0. The van der Waals surface area contributed by atoms with E-state index in [1.54, 1.807) is 4.90 Å². The zero-order valence-electron chi connectivity index (χ0n) is 18.5. The summed E-state index contributed by atoms with van der Waals surface area (Å²) in [5.74, 6) is -0.0253. The van der Waals surface area contributed by atoms with Gasteiger partial charge in [-0.2, -0.15) is 0 Å². The van der Waals surface area contributed by atoms with Gasteiger partial charge in [-0.3, -0.25) is 4.79 Å². The number of nitrogens with zero attached hydrogens (tertiary/aromatic N) is 1. The molecule has 3 atom stereocenters. The first-order valence-electron chi connectivity index (χ1n) is 11.2. The van der Waals surface area contributed by atoms with Crippen molar-refractivity contribution in [2.24, 2.45) is 5.92 Å². The summed E-state index contributed by atoms with van der Waals surface area (Å²) in [5, 5.41) is 11.3. The normalized spacial score (nSPS) is 13.9. The molecule has 0 spiro atoms. The number of aliphatic hydroxyl groups is 1. The fourth-order valence-corrected chi connectivity index (χ4v) is 4.19. The van der Waals surface area contributed by atoms with Crippen molar-refractivity contribution in [2.45, 2.75) is 44.8 Å². The maximum Gasteiger partial charge on any atom is 0.226 e. The van der Waals surface area contributed by atoms with Gasteiger partial charge in [0.05, 0.1) is 6.04 Å². The number of unbranched alkanes of at least 4 members (excludes halogenated alkanes) is 1. The Morgan fingerprint density at radius 3 is 1.90 bits per heavy atom. The van der Waals surface area contributed by atoms with E-state index in [0.29, 0.717) is 6.42 Å². The molecule has 162 valence electrons. The average molecular weight is 416 g/mol. The second-order valence-corrected chi connectivity index (χ2v) is 8.19. The number of rotatable bonds is 10. The highest BCUT2D eigenvalue weighted by Gasteiger charge is 2.32. The number of carbonyl (C=O) groups excluding carboxylic acids is 1. The molecule has 0 heterocycles. The van der Waals surface area contributed by atoms with Crippen LogP contribution in [0.25, 0.3) is 0 Å². The van der Waals surface area contributed by atoms with Gasteiger partial charge >= 0.3 is 0 Å². The lowest BCUT2D eigenvalue weighted by atomic mass is 9.90. The Morgan fingerprint density at radius 1 is 0.839 bits per heavy atom. The maximum absolute atomic E-state index is 13.7. The lowest BCUT2D eigenvalue weighted by Crippen LogP contribution is -2.39. The van der Waals surface area contributed by atoms with E-state index in [1.165, 1.54) is 5.56 Å². The molecule has 0 aliphatic rings. The second kappa shape index (κ2) is 11.5. The molecule has 0 aromatic heterocycles. The summed E-state index contributed by atoms with van der Waals surface area (Å²) < 4.78 is 0. The average Bonchev–Trinajstić information content (AvgIpc) is 2.83. The molecule has 3 rings (SSSR count). The zero-order valence-corrected chi connectivity index (χ0v) is 18.5. The number of hydrogen-bond donors (Lipinski definition) is 1. The minimum atomic E-state index is -0.805. The number of carbonyl (C=O) groups is 1. The Morgan fingerprint density at radius 2 is 1.35 bits per heavy atom. The molecule has 3 aromatic rings. The predicted molar refractivity (Wildman–Crippen MR) is 127 cm³/mol. The van der Waals surface area contributed by atoms with Gasteiger partial charge in [-0.25, -0.2) is 0 Å². The molecule has 0 saturated carbocycles. The first-order chi connectivity index (χ1) is 15.1. The molecule has 0 fully saturated rings. The van der Waals surface area contributed by atoms with E-state index in [4.69, 9.17) is 0 Å². The Kier molecular flexibility index (Phi) is 8.43. The minimum Gasteiger partial charge on any atom is -0.386 e.